The first-order chi connectivity index (χ1) is 8.70. The Morgan fingerprint density at radius 3 is 3.00 bits per heavy atom. The first-order valence-corrected chi connectivity index (χ1v) is 7.07. The van der Waals surface area contributed by atoms with E-state index in [1.807, 2.05) is 12.1 Å². The molecule has 1 atom stereocenters. The molecule has 1 aromatic carbocycles. The largest absolute Gasteiger partial charge is 0.361 e. The summed E-state index contributed by atoms with van der Waals surface area (Å²) in [6, 6.07) is 6.58. The van der Waals surface area contributed by atoms with Crippen LogP contribution >= 0.6 is 11.6 Å². The lowest BCUT2D eigenvalue weighted by atomic mass is 10.1. The summed E-state index contributed by atoms with van der Waals surface area (Å²) in [6.07, 6.45) is 5.86. The van der Waals surface area contributed by atoms with Crippen molar-refractivity contribution in [2.75, 3.05) is 0 Å². The van der Waals surface area contributed by atoms with Crippen molar-refractivity contribution in [3.05, 3.63) is 35.0 Å². The smallest absolute Gasteiger partial charge is 0.0472 e. The van der Waals surface area contributed by atoms with Gasteiger partial charge in [0, 0.05) is 34.7 Å². The Kier molecular flexibility index (Phi) is 4.67. The fraction of sp³-hybridized carbons (Fsp3) is 0.467. The van der Waals surface area contributed by atoms with Crippen LogP contribution in [0.15, 0.2) is 24.4 Å². The van der Waals surface area contributed by atoms with E-state index in [2.05, 4.69) is 36.4 Å². The third kappa shape index (κ3) is 3.27. The lowest BCUT2D eigenvalue weighted by Gasteiger charge is -2.12. The summed E-state index contributed by atoms with van der Waals surface area (Å²) >= 11 is 5.98. The van der Waals surface area contributed by atoms with Crippen molar-refractivity contribution in [2.45, 2.75) is 45.7 Å². The Morgan fingerprint density at radius 2 is 2.22 bits per heavy atom. The number of nitrogens with one attached hydrogen (secondary N) is 2. The molecule has 0 aliphatic carbocycles. The van der Waals surface area contributed by atoms with Crippen LogP contribution in [0.5, 0.6) is 0 Å². The molecule has 0 amide bonds. The molecule has 0 saturated carbocycles. The minimum Gasteiger partial charge on any atom is -0.361 e. The number of benzene rings is 1. The van der Waals surface area contributed by atoms with Crippen molar-refractivity contribution in [2.24, 2.45) is 0 Å². The van der Waals surface area contributed by atoms with Gasteiger partial charge < -0.3 is 10.3 Å². The third-order valence-corrected chi connectivity index (χ3v) is 3.60. The molecule has 0 aliphatic heterocycles. The zero-order valence-corrected chi connectivity index (χ0v) is 11.8. The van der Waals surface area contributed by atoms with E-state index in [1.54, 1.807) is 0 Å². The van der Waals surface area contributed by atoms with Crippen LogP contribution in [0, 0.1) is 0 Å². The Hall–Kier alpha value is -0.990. The maximum Gasteiger partial charge on any atom is 0.0472 e. The fourth-order valence-corrected chi connectivity index (χ4v) is 2.37. The summed E-state index contributed by atoms with van der Waals surface area (Å²) in [5, 5.41) is 5.61. The second kappa shape index (κ2) is 6.26. The monoisotopic (exact) mass is 264 g/mol. The van der Waals surface area contributed by atoms with Gasteiger partial charge in [0.25, 0.3) is 0 Å². The van der Waals surface area contributed by atoms with E-state index < -0.39 is 0 Å². The number of hydrogen-bond donors (Lipinski definition) is 2. The second-order valence-electron chi connectivity index (χ2n) is 4.93. The lowest BCUT2D eigenvalue weighted by Crippen LogP contribution is -2.25. The average Bonchev–Trinajstić information content (AvgIpc) is 2.76. The van der Waals surface area contributed by atoms with Crippen molar-refractivity contribution >= 4 is 22.5 Å². The fourth-order valence-electron chi connectivity index (χ4n) is 2.20. The van der Waals surface area contributed by atoms with Gasteiger partial charge >= 0.3 is 0 Å². The SMILES string of the molecule is CCCCC(C)NCc1c[nH]c2cc(Cl)ccc12. The van der Waals surface area contributed by atoms with Crippen molar-refractivity contribution in [3.63, 3.8) is 0 Å². The summed E-state index contributed by atoms with van der Waals surface area (Å²) in [5.41, 5.74) is 2.42. The zero-order valence-electron chi connectivity index (χ0n) is 11.1. The maximum absolute atomic E-state index is 5.98. The Bertz CT molecular complexity index is 504. The first-order valence-electron chi connectivity index (χ1n) is 6.69. The number of rotatable bonds is 6. The standard InChI is InChI=1S/C15H21ClN2/c1-3-4-5-11(2)17-9-12-10-18-15-8-13(16)6-7-14(12)15/h6-8,10-11,17-18H,3-5,9H2,1-2H3. The number of hydrogen-bond acceptors (Lipinski definition) is 1. The predicted molar refractivity (Wildman–Crippen MR) is 79.1 cm³/mol. The molecule has 1 aromatic heterocycles. The number of aromatic amines is 1. The number of aromatic nitrogens is 1. The van der Waals surface area contributed by atoms with Gasteiger partial charge in [-0.3, -0.25) is 0 Å². The molecule has 2 nitrogen and oxygen atoms in total. The minimum absolute atomic E-state index is 0.571. The molecule has 0 aliphatic rings. The number of fused-ring (bicyclic) bond motifs is 1. The summed E-state index contributed by atoms with van der Waals surface area (Å²) in [7, 11) is 0. The molecule has 18 heavy (non-hydrogen) atoms. The molecule has 1 heterocycles. The molecular formula is C15H21ClN2. The van der Waals surface area contributed by atoms with Gasteiger partial charge in [0.15, 0.2) is 0 Å². The molecule has 0 radical (unpaired) electrons. The molecule has 98 valence electrons. The van der Waals surface area contributed by atoms with Crippen LogP contribution in [0.3, 0.4) is 0 Å². The molecule has 2 N–H and O–H groups in total. The maximum atomic E-state index is 5.98. The van der Waals surface area contributed by atoms with Crippen LogP contribution < -0.4 is 5.32 Å². The zero-order chi connectivity index (χ0) is 13.0. The van der Waals surface area contributed by atoms with Crippen molar-refractivity contribution < 1.29 is 0 Å². The summed E-state index contributed by atoms with van der Waals surface area (Å²) in [5.74, 6) is 0. The van der Waals surface area contributed by atoms with E-state index in [0.717, 1.165) is 17.1 Å². The van der Waals surface area contributed by atoms with Crippen LogP contribution in [0.4, 0.5) is 0 Å². The van der Waals surface area contributed by atoms with E-state index in [4.69, 9.17) is 11.6 Å². The Balaban J connectivity index is 1.99. The highest BCUT2D eigenvalue weighted by Crippen LogP contribution is 2.22. The molecule has 3 heteroatoms. The van der Waals surface area contributed by atoms with Crippen molar-refractivity contribution in [1.82, 2.24) is 10.3 Å². The lowest BCUT2D eigenvalue weighted by molar-refractivity contribution is 0.496. The average molecular weight is 265 g/mol. The van der Waals surface area contributed by atoms with Gasteiger partial charge in [0.05, 0.1) is 0 Å². The third-order valence-electron chi connectivity index (χ3n) is 3.36. The molecule has 0 fully saturated rings. The van der Waals surface area contributed by atoms with Crippen LogP contribution in [-0.2, 0) is 6.54 Å². The molecule has 1 unspecified atom stereocenters. The van der Waals surface area contributed by atoms with Gasteiger partial charge in [0.1, 0.15) is 0 Å². The van der Waals surface area contributed by atoms with Crippen molar-refractivity contribution in [3.8, 4) is 0 Å². The summed E-state index contributed by atoms with van der Waals surface area (Å²) in [4.78, 5) is 3.27. The number of H-pyrrole nitrogens is 1. The van der Waals surface area contributed by atoms with Gasteiger partial charge in [0.2, 0.25) is 0 Å². The Labute approximate surface area is 114 Å². The molecule has 0 bridgehead atoms. The van der Waals surface area contributed by atoms with Crippen LogP contribution in [0.1, 0.15) is 38.7 Å². The highest BCUT2D eigenvalue weighted by atomic mass is 35.5. The van der Waals surface area contributed by atoms with Gasteiger partial charge in [-0.2, -0.15) is 0 Å². The Morgan fingerprint density at radius 1 is 1.39 bits per heavy atom. The quantitative estimate of drug-likeness (QED) is 0.791. The molecule has 2 rings (SSSR count). The van der Waals surface area contributed by atoms with Gasteiger partial charge in [-0.05, 0) is 31.0 Å². The van der Waals surface area contributed by atoms with E-state index >= 15 is 0 Å². The van der Waals surface area contributed by atoms with E-state index in [1.165, 1.54) is 30.2 Å². The normalized spacial score (nSPS) is 13.1. The van der Waals surface area contributed by atoms with Crippen LogP contribution in [-0.4, -0.2) is 11.0 Å². The van der Waals surface area contributed by atoms with E-state index in [0.29, 0.717) is 6.04 Å². The van der Waals surface area contributed by atoms with E-state index in [9.17, 15) is 0 Å². The summed E-state index contributed by atoms with van der Waals surface area (Å²) in [6.45, 7) is 5.39. The number of halogens is 1. The highest BCUT2D eigenvalue weighted by molar-refractivity contribution is 6.31. The second-order valence-corrected chi connectivity index (χ2v) is 5.36. The van der Waals surface area contributed by atoms with Crippen LogP contribution in [0.25, 0.3) is 10.9 Å². The van der Waals surface area contributed by atoms with Crippen molar-refractivity contribution in [1.29, 1.82) is 0 Å². The number of unbranched alkanes of at least 4 members (excludes halogenated alkanes) is 1. The molecule has 0 saturated heterocycles. The van der Waals surface area contributed by atoms with E-state index in [-0.39, 0.29) is 0 Å². The molecule has 0 spiro atoms. The van der Waals surface area contributed by atoms with Gasteiger partial charge in [-0.1, -0.05) is 37.4 Å². The molecule has 2 aromatic rings. The van der Waals surface area contributed by atoms with Crippen LogP contribution in [0.2, 0.25) is 5.02 Å². The summed E-state index contributed by atoms with van der Waals surface area (Å²) < 4.78 is 0. The topological polar surface area (TPSA) is 27.8 Å². The first kappa shape index (κ1) is 13.4. The predicted octanol–water partition coefficient (Wildman–Crippen LogP) is 4.49. The van der Waals surface area contributed by atoms with Gasteiger partial charge in [-0.25, -0.2) is 0 Å². The minimum atomic E-state index is 0.571. The molecular weight excluding hydrogens is 244 g/mol. The van der Waals surface area contributed by atoms with Gasteiger partial charge in [-0.15, -0.1) is 0 Å². The highest BCUT2D eigenvalue weighted by Gasteiger charge is 2.06.